The maximum atomic E-state index is 14.5. The van der Waals surface area contributed by atoms with Crippen LogP contribution in [0.1, 0.15) is 16.1 Å². The molecule has 0 aliphatic heterocycles. The average molecular weight is 499 g/mol. The van der Waals surface area contributed by atoms with Crippen LogP contribution in [-0.4, -0.2) is 39.6 Å². The van der Waals surface area contributed by atoms with Crippen LogP contribution in [0.25, 0.3) is 28.3 Å². The number of benzene rings is 1. The van der Waals surface area contributed by atoms with Gasteiger partial charge in [0.25, 0.3) is 0 Å². The second-order valence-corrected chi connectivity index (χ2v) is 7.54. The topological polar surface area (TPSA) is 73.3 Å². The van der Waals surface area contributed by atoms with Crippen LogP contribution in [-0.2, 0) is 6.18 Å². The van der Waals surface area contributed by atoms with Crippen molar-refractivity contribution in [3.05, 3.63) is 65.2 Å². The summed E-state index contributed by atoms with van der Waals surface area (Å²) in [6, 6.07) is 3.78. The fourth-order valence-electron chi connectivity index (χ4n) is 3.06. The quantitative estimate of drug-likeness (QED) is 0.228. The van der Waals surface area contributed by atoms with Crippen molar-refractivity contribution in [3.63, 3.8) is 0 Å². The van der Waals surface area contributed by atoms with E-state index >= 15 is 0 Å². The molecule has 33 heavy (non-hydrogen) atoms. The molecule has 0 radical (unpaired) electrons. The second kappa shape index (κ2) is 9.75. The van der Waals surface area contributed by atoms with Crippen molar-refractivity contribution in [2.75, 3.05) is 13.3 Å². The van der Waals surface area contributed by atoms with Crippen LogP contribution in [0, 0.1) is 5.82 Å². The zero-order valence-corrected chi connectivity index (χ0v) is 18.7. The number of hydrogen-bond donors (Lipinski definition) is 0. The van der Waals surface area contributed by atoms with E-state index in [4.69, 9.17) is 16.1 Å². The lowest BCUT2D eigenvalue weighted by Gasteiger charge is -2.12. The van der Waals surface area contributed by atoms with E-state index in [1.807, 2.05) is 0 Å². The third-order valence-electron chi connectivity index (χ3n) is 4.36. The fourth-order valence-corrected chi connectivity index (χ4v) is 3.71. The maximum Gasteiger partial charge on any atom is 0.434 e. The van der Waals surface area contributed by atoms with Gasteiger partial charge < -0.3 is 4.52 Å². The summed E-state index contributed by atoms with van der Waals surface area (Å²) in [5.74, 6) is -1.34. The van der Waals surface area contributed by atoms with Crippen molar-refractivity contribution < 1.29 is 26.9 Å². The van der Waals surface area contributed by atoms with Crippen molar-refractivity contribution in [1.82, 2.24) is 14.9 Å². The van der Waals surface area contributed by atoms with Gasteiger partial charge in [-0.2, -0.15) is 18.3 Å². The minimum absolute atomic E-state index is 0.0410. The number of halogens is 5. The van der Waals surface area contributed by atoms with Crippen LogP contribution >= 0.6 is 23.4 Å². The molecule has 1 aromatic carbocycles. The number of rotatable bonds is 6. The summed E-state index contributed by atoms with van der Waals surface area (Å²) in [4.78, 5) is 16.5. The number of aliphatic imine (C=N–C) groups is 1. The number of thioether (sulfide) groups is 1. The highest BCUT2D eigenvalue weighted by molar-refractivity contribution is 8.13. The van der Waals surface area contributed by atoms with E-state index in [2.05, 4.69) is 21.8 Å². The standard InChI is InChI=1S/C21H15ClF4N4O2S/c1-4-6-11(9-27-2)30-19(21(24,25)26)12(10-28-30)18-16(20(31)33-3)17(29-32-18)15-13(22)7-5-8-14(15)23/h4-10H,1H2,2-3H3/b11-6+,27-9-. The molecule has 172 valence electrons. The van der Waals surface area contributed by atoms with Gasteiger partial charge in [0.1, 0.15) is 17.1 Å². The van der Waals surface area contributed by atoms with E-state index in [0.717, 1.165) is 18.5 Å². The maximum absolute atomic E-state index is 14.5. The summed E-state index contributed by atoms with van der Waals surface area (Å²) >= 11 is 6.79. The predicted molar refractivity (Wildman–Crippen MR) is 120 cm³/mol. The van der Waals surface area contributed by atoms with E-state index in [-0.39, 0.29) is 27.5 Å². The Morgan fingerprint density at radius 1 is 1.36 bits per heavy atom. The molecule has 0 amide bonds. The first-order chi connectivity index (χ1) is 15.6. The smallest absolute Gasteiger partial charge is 0.355 e. The molecule has 0 N–H and O–H groups in total. The molecule has 2 aromatic heterocycles. The lowest BCUT2D eigenvalue weighted by molar-refractivity contribution is -0.142. The Morgan fingerprint density at radius 3 is 2.67 bits per heavy atom. The molecule has 0 saturated carbocycles. The normalized spacial score (nSPS) is 12.5. The van der Waals surface area contributed by atoms with Crippen LogP contribution in [0.2, 0.25) is 5.02 Å². The molecule has 6 nitrogen and oxygen atoms in total. The molecule has 12 heteroatoms. The highest BCUT2D eigenvalue weighted by Gasteiger charge is 2.42. The second-order valence-electron chi connectivity index (χ2n) is 6.35. The molecular weight excluding hydrogens is 484 g/mol. The first-order valence-corrected chi connectivity index (χ1v) is 10.7. The number of aromatic nitrogens is 3. The Kier molecular flexibility index (Phi) is 7.23. The molecule has 3 aromatic rings. The van der Waals surface area contributed by atoms with E-state index in [1.54, 1.807) is 0 Å². The predicted octanol–water partition coefficient (Wildman–Crippen LogP) is 6.25. The van der Waals surface area contributed by atoms with Gasteiger partial charge in [-0.15, -0.1) is 0 Å². The number of carbonyl (C=O) groups is 1. The van der Waals surface area contributed by atoms with Crippen molar-refractivity contribution in [2.45, 2.75) is 6.18 Å². The van der Waals surface area contributed by atoms with Gasteiger partial charge in [-0.25, -0.2) is 9.07 Å². The molecule has 0 fully saturated rings. The van der Waals surface area contributed by atoms with E-state index in [9.17, 15) is 22.4 Å². The van der Waals surface area contributed by atoms with Crippen LogP contribution < -0.4 is 0 Å². The van der Waals surface area contributed by atoms with Gasteiger partial charge in [-0.3, -0.25) is 9.79 Å². The van der Waals surface area contributed by atoms with Gasteiger partial charge in [0.15, 0.2) is 11.5 Å². The minimum Gasteiger partial charge on any atom is -0.355 e. The summed E-state index contributed by atoms with van der Waals surface area (Å²) in [7, 11) is 1.38. The van der Waals surface area contributed by atoms with Gasteiger partial charge in [0, 0.05) is 13.3 Å². The largest absolute Gasteiger partial charge is 0.434 e. The highest BCUT2D eigenvalue weighted by Crippen LogP contribution is 2.43. The third-order valence-corrected chi connectivity index (χ3v) is 5.25. The molecule has 2 heterocycles. The summed E-state index contributed by atoms with van der Waals surface area (Å²) in [6.45, 7) is 3.48. The van der Waals surface area contributed by atoms with Gasteiger partial charge in [-0.05, 0) is 24.5 Å². The lowest BCUT2D eigenvalue weighted by Crippen LogP contribution is -2.16. The first kappa shape index (κ1) is 24.5. The molecule has 3 rings (SSSR count). The van der Waals surface area contributed by atoms with E-state index in [1.165, 1.54) is 37.6 Å². The molecular formula is C21H15ClF4N4O2S. The molecule has 0 atom stereocenters. The zero-order valence-electron chi connectivity index (χ0n) is 17.2. The van der Waals surface area contributed by atoms with Crippen LogP contribution in [0.3, 0.4) is 0 Å². The molecule has 0 aliphatic rings. The SMILES string of the molecule is C=C/C=C(\C=N/C)n1ncc(-c2onc(-c3c(F)cccc3Cl)c2C(=O)SC)c1C(F)(F)F. The number of hydrogen-bond acceptors (Lipinski definition) is 6. The van der Waals surface area contributed by atoms with E-state index in [0.29, 0.717) is 16.4 Å². The molecule has 0 spiro atoms. The monoisotopic (exact) mass is 498 g/mol. The van der Waals surface area contributed by atoms with Gasteiger partial charge in [-0.1, -0.05) is 47.2 Å². The van der Waals surface area contributed by atoms with E-state index < -0.39 is 34.1 Å². The van der Waals surface area contributed by atoms with Crippen LogP contribution in [0.5, 0.6) is 0 Å². The summed E-state index contributed by atoms with van der Waals surface area (Å²) in [5.41, 5.74) is -2.79. The Bertz CT molecular complexity index is 1260. The Balaban J connectivity index is 2.37. The minimum atomic E-state index is -4.92. The van der Waals surface area contributed by atoms with Crippen molar-refractivity contribution >= 4 is 40.4 Å². The Labute approximate surface area is 194 Å². The third kappa shape index (κ3) is 4.64. The summed E-state index contributed by atoms with van der Waals surface area (Å²) in [5, 5.41) is 6.75. The van der Waals surface area contributed by atoms with Crippen LogP contribution in [0.4, 0.5) is 17.6 Å². The van der Waals surface area contributed by atoms with Crippen molar-refractivity contribution in [1.29, 1.82) is 0 Å². The lowest BCUT2D eigenvalue weighted by atomic mass is 10.0. The molecule has 0 unspecified atom stereocenters. The number of carbonyl (C=O) groups excluding carboxylic acids is 1. The van der Waals surface area contributed by atoms with Crippen LogP contribution in [0.15, 0.2) is 52.6 Å². The Morgan fingerprint density at radius 2 is 2.09 bits per heavy atom. The first-order valence-electron chi connectivity index (χ1n) is 9.08. The average Bonchev–Trinajstić information content (AvgIpc) is 3.37. The number of allylic oxidation sites excluding steroid dienone is 3. The van der Waals surface area contributed by atoms with Gasteiger partial charge in [0.05, 0.1) is 28.0 Å². The van der Waals surface area contributed by atoms with Gasteiger partial charge >= 0.3 is 6.18 Å². The van der Waals surface area contributed by atoms with Gasteiger partial charge in [0.2, 0.25) is 5.12 Å². The number of nitrogens with zero attached hydrogens (tertiary/aromatic N) is 4. The fraction of sp³-hybridized carbons (Fsp3) is 0.143. The highest BCUT2D eigenvalue weighted by atomic mass is 35.5. The molecule has 0 bridgehead atoms. The molecule has 0 aliphatic carbocycles. The summed E-state index contributed by atoms with van der Waals surface area (Å²) in [6.07, 6.45) is 1.09. The molecule has 0 saturated heterocycles. The van der Waals surface area contributed by atoms with Crippen molar-refractivity contribution in [3.8, 4) is 22.6 Å². The summed E-state index contributed by atoms with van der Waals surface area (Å²) < 4.78 is 62.8. The van der Waals surface area contributed by atoms with Crippen molar-refractivity contribution in [2.24, 2.45) is 4.99 Å². The Hall–Kier alpha value is -3.18. The zero-order chi connectivity index (χ0) is 24.3. The number of alkyl halides is 3.